The maximum Gasteiger partial charge on any atom is 0.418 e. The van der Waals surface area contributed by atoms with E-state index in [0.29, 0.717) is 12.1 Å². The van der Waals surface area contributed by atoms with E-state index in [0.717, 1.165) is 24.3 Å². The molecule has 0 saturated carbocycles. The third-order valence-electron chi connectivity index (χ3n) is 4.90. The van der Waals surface area contributed by atoms with Crippen molar-refractivity contribution in [1.29, 1.82) is 0 Å². The van der Waals surface area contributed by atoms with Crippen LogP contribution in [0.3, 0.4) is 0 Å². The van der Waals surface area contributed by atoms with Gasteiger partial charge >= 0.3 is 6.18 Å². The average molecular weight is 543 g/mol. The summed E-state index contributed by atoms with van der Waals surface area (Å²) in [6, 6.07) is 5.22. The van der Waals surface area contributed by atoms with Gasteiger partial charge in [0.15, 0.2) is 5.79 Å². The topological polar surface area (TPSA) is 131 Å². The van der Waals surface area contributed by atoms with E-state index in [1.165, 1.54) is 0 Å². The molecule has 3 N–H and O–H groups in total. The number of hydrogen-bond acceptors (Lipinski definition) is 7. The fourth-order valence-electron chi connectivity index (χ4n) is 3.17. The Kier molecular flexibility index (Phi) is 7.51. The molecule has 0 amide bonds. The van der Waals surface area contributed by atoms with Crippen molar-refractivity contribution in [3.05, 3.63) is 53.8 Å². The van der Waals surface area contributed by atoms with Crippen LogP contribution in [0.15, 0.2) is 52.3 Å². The summed E-state index contributed by atoms with van der Waals surface area (Å²) in [5.41, 5.74) is -2.49. The minimum Gasteiger partial charge on any atom is -0.389 e. The molecular weight excluding hydrogens is 520 g/mol. The van der Waals surface area contributed by atoms with E-state index in [4.69, 9.17) is 9.47 Å². The molecule has 0 bridgehead atoms. The fraction of sp³-hybridized carbons (Fsp3) is 0.400. The Bertz CT molecular complexity index is 1300. The summed E-state index contributed by atoms with van der Waals surface area (Å²) in [5.74, 6) is -2.17. The van der Waals surface area contributed by atoms with Crippen molar-refractivity contribution in [2.45, 2.75) is 47.8 Å². The number of alkyl halides is 3. The van der Waals surface area contributed by atoms with Gasteiger partial charge in [0.25, 0.3) is 10.0 Å². The highest BCUT2D eigenvalue weighted by molar-refractivity contribution is 7.93. The highest BCUT2D eigenvalue weighted by Gasteiger charge is 2.37. The average Bonchev–Trinajstić information content (AvgIpc) is 3.12. The van der Waals surface area contributed by atoms with E-state index in [9.17, 15) is 39.5 Å². The number of anilines is 1. The number of hydrogen-bond donors (Lipinski definition) is 3. The molecule has 1 aliphatic heterocycles. The molecule has 1 saturated heterocycles. The number of aliphatic hydroxyl groups excluding tert-OH is 1. The van der Waals surface area contributed by atoms with Gasteiger partial charge in [0, 0.05) is 6.54 Å². The number of halogens is 4. The molecule has 2 aromatic rings. The molecule has 0 spiro atoms. The highest BCUT2D eigenvalue weighted by atomic mass is 32.2. The van der Waals surface area contributed by atoms with Crippen molar-refractivity contribution in [2.24, 2.45) is 0 Å². The first kappa shape index (κ1) is 27.3. The zero-order valence-corrected chi connectivity index (χ0v) is 20.0. The first-order valence-electron chi connectivity index (χ1n) is 9.99. The van der Waals surface area contributed by atoms with Gasteiger partial charge in [-0.1, -0.05) is 6.07 Å². The van der Waals surface area contributed by atoms with Crippen molar-refractivity contribution in [3.63, 3.8) is 0 Å². The summed E-state index contributed by atoms with van der Waals surface area (Å²) >= 11 is 0. The lowest BCUT2D eigenvalue weighted by Crippen LogP contribution is -2.40. The van der Waals surface area contributed by atoms with Gasteiger partial charge in [-0.15, -0.1) is 0 Å². The summed E-state index contributed by atoms with van der Waals surface area (Å²) in [4.78, 5) is -1.18. The second kappa shape index (κ2) is 9.63. The minimum atomic E-state index is -5.06. The summed E-state index contributed by atoms with van der Waals surface area (Å²) < 4.78 is 118. The molecule has 9 nitrogen and oxygen atoms in total. The Balaban J connectivity index is 1.79. The second-order valence-corrected chi connectivity index (χ2v) is 11.5. The monoisotopic (exact) mass is 542 g/mol. The fourth-order valence-corrected chi connectivity index (χ4v) is 5.46. The molecule has 3 rings (SSSR count). The second-order valence-electron chi connectivity index (χ2n) is 8.05. The zero-order valence-electron chi connectivity index (χ0n) is 18.3. The molecular formula is C20H22F4N2O7S2. The molecule has 15 heteroatoms. The Hall–Kier alpha value is -2.30. The maximum absolute atomic E-state index is 13.3. The van der Waals surface area contributed by atoms with Gasteiger partial charge in [0.05, 0.1) is 33.8 Å². The van der Waals surface area contributed by atoms with E-state index in [-0.39, 0.29) is 12.7 Å². The van der Waals surface area contributed by atoms with E-state index in [1.807, 2.05) is 0 Å². The van der Waals surface area contributed by atoms with Crippen LogP contribution in [0.5, 0.6) is 0 Å². The molecule has 1 fully saturated rings. The van der Waals surface area contributed by atoms with E-state index < -0.39 is 77.6 Å². The van der Waals surface area contributed by atoms with Crippen LogP contribution in [0.4, 0.5) is 23.2 Å². The number of aliphatic hydroxyl groups is 1. The molecule has 194 valence electrons. The van der Waals surface area contributed by atoms with Crippen molar-refractivity contribution in [1.82, 2.24) is 4.72 Å². The normalized spacial score (nSPS) is 19.5. The van der Waals surface area contributed by atoms with Crippen molar-refractivity contribution < 1.29 is 49.0 Å². The largest absolute Gasteiger partial charge is 0.418 e. The lowest BCUT2D eigenvalue weighted by molar-refractivity contribution is -0.150. The van der Waals surface area contributed by atoms with Crippen LogP contribution in [0.1, 0.15) is 19.4 Å². The number of benzene rings is 2. The highest BCUT2D eigenvalue weighted by Crippen LogP contribution is 2.36. The van der Waals surface area contributed by atoms with E-state index >= 15 is 0 Å². The van der Waals surface area contributed by atoms with Crippen molar-refractivity contribution in [3.8, 4) is 0 Å². The molecule has 35 heavy (non-hydrogen) atoms. The predicted octanol–water partition coefficient (Wildman–Crippen LogP) is 2.44. The van der Waals surface area contributed by atoms with Gasteiger partial charge in [0.1, 0.15) is 11.9 Å². The van der Waals surface area contributed by atoms with Crippen LogP contribution in [-0.4, -0.2) is 53.1 Å². The number of ether oxygens (including phenoxy) is 2. The quantitative estimate of drug-likeness (QED) is 0.437. The van der Waals surface area contributed by atoms with Crippen LogP contribution in [-0.2, 0) is 35.7 Å². The molecule has 2 aromatic carbocycles. The van der Waals surface area contributed by atoms with Crippen LogP contribution in [0, 0.1) is 5.82 Å². The Morgan fingerprint density at radius 2 is 1.71 bits per heavy atom. The Morgan fingerprint density at radius 3 is 2.29 bits per heavy atom. The standard InChI is InChI=1S/C20H22F4N2O7S2/c1-19(2)32-11-18(33-19)17(27)10-25-34(28,29)13-4-3-5-14(9-13)35(30,31)26-16-7-6-12(21)8-15(16)20(22,23)24/h3-9,17-18,25-27H,10-11H2,1-2H3. The summed E-state index contributed by atoms with van der Waals surface area (Å²) in [7, 11) is -9.03. The van der Waals surface area contributed by atoms with Gasteiger partial charge in [0.2, 0.25) is 10.0 Å². The van der Waals surface area contributed by atoms with Crippen LogP contribution in [0.2, 0.25) is 0 Å². The number of sulfonamides is 2. The van der Waals surface area contributed by atoms with Crippen LogP contribution >= 0.6 is 0 Å². The smallest absolute Gasteiger partial charge is 0.389 e. The van der Waals surface area contributed by atoms with Gasteiger partial charge in [-0.2, -0.15) is 13.2 Å². The molecule has 0 aromatic heterocycles. The van der Waals surface area contributed by atoms with E-state index in [1.54, 1.807) is 18.6 Å². The SMILES string of the molecule is CC1(C)OCC(C(O)CNS(=O)(=O)c2cccc(S(=O)(=O)Nc3ccc(F)cc3C(F)(F)F)c2)O1. The summed E-state index contributed by atoms with van der Waals surface area (Å²) in [5, 5.41) is 10.2. The third kappa shape index (κ3) is 6.68. The van der Waals surface area contributed by atoms with Gasteiger partial charge in [-0.3, -0.25) is 4.72 Å². The molecule has 0 aliphatic carbocycles. The maximum atomic E-state index is 13.3. The lowest BCUT2D eigenvalue weighted by Gasteiger charge is -2.20. The van der Waals surface area contributed by atoms with Crippen molar-refractivity contribution >= 4 is 25.7 Å². The van der Waals surface area contributed by atoms with E-state index in [2.05, 4.69) is 4.72 Å². The van der Waals surface area contributed by atoms with Gasteiger partial charge < -0.3 is 14.6 Å². The number of rotatable bonds is 8. The van der Waals surface area contributed by atoms with Crippen LogP contribution < -0.4 is 9.44 Å². The minimum absolute atomic E-state index is 0.0264. The molecule has 1 aliphatic rings. The first-order chi connectivity index (χ1) is 16.0. The Labute approximate surface area is 199 Å². The summed E-state index contributed by atoms with van der Waals surface area (Å²) in [6.07, 6.45) is -7.14. The summed E-state index contributed by atoms with van der Waals surface area (Å²) in [6.45, 7) is 2.78. The zero-order chi connectivity index (χ0) is 26.2. The van der Waals surface area contributed by atoms with Gasteiger partial charge in [-0.05, 0) is 50.2 Å². The molecule has 2 unspecified atom stereocenters. The van der Waals surface area contributed by atoms with Gasteiger partial charge in [-0.25, -0.2) is 25.9 Å². The number of nitrogens with one attached hydrogen (secondary N) is 2. The molecule has 0 radical (unpaired) electrons. The lowest BCUT2D eigenvalue weighted by atomic mass is 10.2. The first-order valence-corrected chi connectivity index (χ1v) is 13.0. The van der Waals surface area contributed by atoms with Crippen molar-refractivity contribution in [2.75, 3.05) is 17.9 Å². The molecule has 1 heterocycles. The van der Waals surface area contributed by atoms with Crippen LogP contribution in [0.25, 0.3) is 0 Å². The Morgan fingerprint density at radius 1 is 1.09 bits per heavy atom. The molecule has 2 atom stereocenters. The third-order valence-corrected chi connectivity index (χ3v) is 7.68. The predicted molar refractivity (Wildman–Crippen MR) is 115 cm³/mol.